The van der Waals surface area contributed by atoms with E-state index in [4.69, 9.17) is 0 Å². The van der Waals surface area contributed by atoms with Crippen LogP contribution in [0.3, 0.4) is 0 Å². The average Bonchev–Trinajstić information content (AvgIpc) is 2.34. The van der Waals surface area contributed by atoms with Crippen molar-refractivity contribution in [2.24, 2.45) is 29.6 Å². The molecular formula is C18H36. The van der Waals surface area contributed by atoms with Crippen molar-refractivity contribution in [3.8, 4) is 0 Å². The largest absolute Gasteiger partial charge is 0.0887 e. The number of hydrogen-bond donors (Lipinski definition) is 0. The Balaban J connectivity index is 4.59. The molecule has 0 aromatic rings. The molecule has 0 aliphatic rings. The molecule has 0 aliphatic carbocycles. The monoisotopic (exact) mass is 252 g/mol. The van der Waals surface area contributed by atoms with E-state index < -0.39 is 0 Å². The van der Waals surface area contributed by atoms with E-state index in [0.717, 1.165) is 29.6 Å². The predicted octanol–water partition coefficient (Wildman–Crippen LogP) is 6.32. The third-order valence-corrected chi connectivity index (χ3v) is 5.06. The van der Waals surface area contributed by atoms with E-state index >= 15 is 0 Å². The van der Waals surface area contributed by atoms with Gasteiger partial charge in [-0.25, -0.2) is 0 Å². The molecule has 0 aliphatic heterocycles. The van der Waals surface area contributed by atoms with E-state index in [2.05, 4.69) is 61.5 Å². The van der Waals surface area contributed by atoms with Crippen LogP contribution in [0.1, 0.15) is 74.7 Å². The lowest BCUT2D eigenvalue weighted by molar-refractivity contribution is 0.133. The Bertz CT molecular complexity index is 236. The van der Waals surface area contributed by atoms with E-state index in [1.165, 1.54) is 19.3 Å². The van der Waals surface area contributed by atoms with Crippen molar-refractivity contribution in [1.82, 2.24) is 0 Å². The molecule has 0 rings (SSSR count). The summed E-state index contributed by atoms with van der Waals surface area (Å²) in [6.07, 6.45) is 6.19. The molecule has 0 saturated carbocycles. The van der Waals surface area contributed by atoms with E-state index in [-0.39, 0.29) is 0 Å². The average molecular weight is 252 g/mol. The lowest BCUT2D eigenvalue weighted by Crippen LogP contribution is -2.29. The SMILES string of the molecule is CC=C(C)CCC(C)C(C(C)C)C(C)C(C)CC. The first-order chi connectivity index (χ1) is 8.34. The predicted molar refractivity (Wildman–Crippen MR) is 84.8 cm³/mol. The van der Waals surface area contributed by atoms with Crippen molar-refractivity contribution in [2.75, 3.05) is 0 Å². The maximum atomic E-state index is 2.47. The molecule has 18 heavy (non-hydrogen) atoms. The normalized spacial score (nSPS) is 19.7. The minimum atomic E-state index is 0.801. The van der Waals surface area contributed by atoms with Crippen LogP contribution in [0.25, 0.3) is 0 Å². The highest BCUT2D eigenvalue weighted by molar-refractivity contribution is 4.95. The van der Waals surface area contributed by atoms with Crippen molar-refractivity contribution in [3.63, 3.8) is 0 Å². The maximum Gasteiger partial charge on any atom is -0.0321 e. The van der Waals surface area contributed by atoms with Gasteiger partial charge in [0.1, 0.15) is 0 Å². The fourth-order valence-electron chi connectivity index (χ4n) is 3.33. The van der Waals surface area contributed by atoms with Crippen LogP contribution in [-0.4, -0.2) is 0 Å². The van der Waals surface area contributed by atoms with Gasteiger partial charge in [0.25, 0.3) is 0 Å². The zero-order chi connectivity index (χ0) is 14.3. The molecule has 0 aromatic heterocycles. The first-order valence-corrected chi connectivity index (χ1v) is 7.96. The quantitative estimate of drug-likeness (QED) is 0.443. The van der Waals surface area contributed by atoms with Crippen molar-refractivity contribution in [2.45, 2.75) is 74.7 Å². The minimum Gasteiger partial charge on any atom is -0.0887 e. The Morgan fingerprint density at radius 2 is 1.56 bits per heavy atom. The summed E-state index contributed by atoms with van der Waals surface area (Å²) in [6.45, 7) is 18.9. The topological polar surface area (TPSA) is 0 Å². The molecule has 108 valence electrons. The molecule has 0 N–H and O–H groups in total. The summed E-state index contributed by atoms with van der Waals surface area (Å²) in [7, 11) is 0. The van der Waals surface area contributed by atoms with Crippen molar-refractivity contribution in [1.29, 1.82) is 0 Å². The van der Waals surface area contributed by atoms with Gasteiger partial charge in [0.15, 0.2) is 0 Å². The molecule has 4 atom stereocenters. The Labute approximate surface area is 116 Å². The van der Waals surface area contributed by atoms with E-state index in [1.807, 2.05) is 0 Å². The first kappa shape index (κ1) is 17.7. The Hall–Kier alpha value is -0.260. The number of hydrogen-bond acceptors (Lipinski definition) is 0. The molecule has 0 radical (unpaired) electrons. The molecule has 0 heteroatoms. The molecule has 0 amide bonds. The fourth-order valence-corrected chi connectivity index (χ4v) is 3.33. The second-order valence-electron chi connectivity index (χ2n) is 6.72. The van der Waals surface area contributed by atoms with Gasteiger partial charge >= 0.3 is 0 Å². The second kappa shape index (κ2) is 8.77. The lowest BCUT2D eigenvalue weighted by Gasteiger charge is -2.36. The molecular weight excluding hydrogens is 216 g/mol. The van der Waals surface area contributed by atoms with Gasteiger partial charge in [-0.1, -0.05) is 59.6 Å². The number of rotatable bonds is 8. The van der Waals surface area contributed by atoms with Gasteiger partial charge in [-0.05, 0) is 56.3 Å². The minimum absolute atomic E-state index is 0.801. The molecule has 0 spiro atoms. The van der Waals surface area contributed by atoms with Crippen molar-refractivity contribution in [3.05, 3.63) is 11.6 Å². The summed E-state index contributed by atoms with van der Waals surface area (Å²) in [4.78, 5) is 0. The van der Waals surface area contributed by atoms with E-state index in [0.29, 0.717) is 0 Å². The van der Waals surface area contributed by atoms with Crippen LogP contribution in [0.5, 0.6) is 0 Å². The van der Waals surface area contributed by atoms with Gasteiger partial charge in [0, 0.05) is 0 Å². The van der Waals surface area contributed by atoms with Crippen LogP contribution >= 0.6 is 0 Å². The van der Waals surface area contributed by atoms with Crippen LogP contribution in [0.4, 0.5) is 0 Å². The summed E-state index contributed by atoms with van der Waals surface area (Å²) in [6, 6.07) is 0. The van der Waals surface area contributed by atoms with Crippen LogP contribution in [0.2, 0.25) is 0 Å². The standard InChI is InChI=1S/C18H36/c1-9-14(5)11-12-16(7)18(13(3)4)17(8)15(6)10-2/h9,13,15-18H,10-12H2,1-8H3. The van der Waals surface area contributed by atoms with E-state index in [1.54, 1.807) is 5.57 Å². The Kier molecular flexibility index (Phi) is 8.65. The molecule has 0 heterocycles. The number of allylic oxidation sites excluding steroid dienone is 2. The molecule has 0 bridgehead atoms. The summed E-state index contributed by atoms with van der Waals surface area (Å²) < 4.78 is 0. The van der Waals surface area contributed by atoms with Gasteiger partial charge in [0.05, 0.1) is 0 Å². The molecule has 0 fully saturated rings. The molecule has 0 saturated heterocycles. The fraction of sp³-hybridized carbons (Fsp3) is 0.889. The zero-order valence-corrected chi connectivity index (χ0v) is 14.1. The maximum absolute atomic E-state index is 2.47. The smallest absolute Gasteiger partial charge is 0.0321 e. The summed E-state index contributed by atoms with van der Waals surface area (Å²) in [5.74, 6) is 4.20. The highest BCUT2D eigenvalue weighted by atomic mass is 14.3. The van der Waals surface area contributed by atoms with Crippen molar-refractivity contribution >= 4 is 0 Å². The van der Waals surface area contributed by atoms with Gasteiger partial charge in [-0.3, -0.25) is 0 Å². The zero-order valence-electron chi connectivity index (χ0n) is 14.1. The molecule has 4 unspecified atom stereocenters. The highest BCUT2D eigenvalue weighted by Crippen LogP contribution is 2.36. The van der Waals surface area contributed by atoms with Gasteiger partial charge in [0.2, 0.25) is 0 Å². The third-order valence-electron chi connectivity index (χ3n) is 5.06. The summed E-state index contributed by atoms with van der Waals surface area (Å²) in [5, 5.41) is 0. The van der Waals surface area contributed by atoms with Crippen LogP contribution in [0, 0.1) is 29.6 Å². The van der Waals surface area contributed by atoms with Crippen LogP contribution in [-0.2, 0) is 0 Å². The lowest BCUT2D eigenvalue weighted by atomic mass is 9.69. The Morgan fingerprint density at radius 3 is 1.94 bits per heavy atom. The highest BCUT2D eigenvalue weighted by Gasteiger charge is 2.28. The Morgan fingerprint density at radius 1 is 1.00 bits per heavy atom. The molecule has 0 aromatic carbocycles. The second-order valence-corrected chi connectivity index (χ2v) is 6.72. The summed E-state index contributed by atoms with van der Waals surface area (Å²) >= 11 is 0. The van der Waals surface area contributed by atoms with Crippen molar-refractivity contribution < 1.29 is 0 Å². The third kappa shape index (κ3) is 5.59. The summed E-state index contributed by atoms with van der Waals surface area (Å²) in [5.41, 5.74) is 1.54. The van der Waals surface area contributed by atoms with E-state index in [9.17, 15) is 0 Å². The molecule has 0 nitrogen and oxygen atoms in total. The van der Waals surface area contributed by atoms with Crippen LogP contribution in [0.15, 0.2) is 11.6 Å². The van der Waals surface area contributed by atoms with Gasteiger partial charge < -0.3 is 0 Å². The van der Waals surface area contributed by atoms with Gasteiger partial charge in [-0.15, -0.1) is 0 Å². The van der Waals surface area contributed by atoms with Gasteiger partial charge in [-0.2, -0.15) is 0 Å². The van der Waals surface area contributed by atoms with Crippen LogP contribution < -0.4 is 0 Å². The first-order valence-electron chi connectivity index (χ1n) is 7.96.